The van der Waals surface area contributed by atoms with Crippen molar-refractivity contribution in [2.75, 3.05) is 25.0 Å². The van der Waals surface area contributed by atoms with E-state index in [-0.39, 0.29) is 47.5 Å². The Bertz CT molecular complexity index is 1250. The number of hydrogen-bond donors (Lipinski definition) is 3. The average molecular weight is 562 g/mol. The van der Waals surface area contributed by atoms with Gasteiger partial charge in [0.25, 0.3) is 11.8 Å². The third-order valence-electron chi connectivity index (χ3n) is 7.97. The monoisotopic (exact) mass is 561 g/mol. The molecule has 2 aliphatic carbocycles. The zero-order valence-electron chi connectivity index (χ0n) is 22.9. The molecule has 3 heterocycles. The maximum absolute atomic E-state index is 14.0. The molecule has 0 radical (unpaired) electrons. The Kier molecular flexibility index (Phi) is 7.20. The van der Waals surface area contributed by atoms with E-state index in [0.29, 0.717) is 42.2 Å². The largest absolute Gasteiger partial charge is 0.389 e. The van der Waals surface area contributed by atoms with E-state index in [4.69, 9.17) is 0 Å². The van der Waals surface area contributed by atoms with Gasteiger partial charge < -0.3 is 20.6 Å². The maximum Gasteiger partial charge on any atom is 0.280 e. The molecule has 1 aliphatic heterocycles. The highest BCUT2D eigenvalue weighted by molar-refractivity contribution is 7.17. The number of halogens is 2. The SMILES string of the molecule is Cc1cc(NC2CC3(C2)CC(C)(F)C3)ncc1-c1sc(C(=O)NCC(C)(C)O)nc1C(=O)N1CCC(F)CC1. The molecular formula is C28H37F2N5O3S. The van der Waals surface area contributed by atoms with Gasteiger partial charge in [0.1, 0.15) is 23.4 Å². The molecule has 212 valence electrons. The highest BCUT2D eigenvalue weighted by Crippen LogP contribution is 2.62. The third kappa shape index (κ3) is 6.09. The van der Waals surface area contributed by atoms with Crippen molar-refractivity contribution in [3.63, 3.8) is 0 Å². The van der Waals surface area contributed by atoms with E-state index in [0.717, 1.165) is 29.7 Å². The van der Waals surface area contributed by atoms with Crippen LogP contribution in [0.3, 0.4) is 0 Å². The Hall–Kier alpha value is -2.66. The lowest BCUT2D eigenvalue weighted by Crippen LogP contribution is -2.57. The Morgan fingerprint density at radius 3 is 2.51 bits per heavy atom. The molecule has 3 fully saturated rings. The summed E-state index contributed by atoms with van der Waals surface area (Å²) in [5.41, 5.74) is -0.287. The third-order valence-corrected chi connectivity index (χ3v) is 9.06. The van der Waals surface area contributed by atoms with E-state index in [1.54, 1.807) is 31.9 Å². The van der Waals surface area contributed by atoms with Gasteiger partial charge in [0.2, 0.25) is 0 Å². The van der Waals surface area contributed by atoms with Crippen molar-refractivity contribution in [3.8, 4) is 10.4 Å². The quantitative estimate of drug-likeness (QED) is 0.454. The second kappa shape index (κ2) is 10.1. The molecule has 0 aromatic carbocycles. The van der Waals surface area contributed by atoms with Gasteiger partial charge in [-0.1, -0.05) is 0 Å². The minimum absolute atomic E-state index is 0.0298. The summed E-state index contributed by atoms with van der Waals surface area (Å²) in [4.78, 5) is 37.5. The zero-order valence-corrected chi connectivity index (χ0v) is 23.8. The van der Waals surface area contributed by atoms with Crippen LogP contribution in [0.15, 0.2) is 12.3 Å². The van der Waals surface area contributed by atoms with E-state index < -0.39 is 23.3 Å². The number of thiazole rings is 1. The molecule has 39 heavy (non-hydrogen) atoms. The Balaban J connectivity index is 1.36. The smallest absolute Gasteiger partial charge is 0.280 e. The van der Waals surface area contributed by atoms with E-state index in [1.807, 2.05) is 13.0 Å². The topological polar surface area (TPSA) is 107 Å². The average Bonchev–Trinajstić information content (AvgIpc) is 3.25. The summed E-state index contributed by atoms with van der Waals surface area (Å²) >= 11 is 1.10. The summed E-state index contributed by atoms with van der Waals surface area (Å²) < 4.78 is 27.7. The van der Waals surface area contributed by atoms with Crippen molar-refractivity contribution in [2.45, 2.75) is 89.7 Å². The Morgan fingerprint density at radius 2 is 1.92 bits per heavy atom. The first-order chi connectivity index (χ1) is 18.2. The molecule has 2 saturated carbocycles. The lowest BCUT2D eigenvalue weighted by Gasteiger charge is -2.59. The first kappa shape index (κ1) is 27.9. The lowest BCUT2D eigenvalue weighted by atomic mass is 9.49. The van der Waals surface area contributed by atoms with Crippen LogP contribution in [0.2, 0.25) is 0 Å². The van der Waals surface area contributed by atoms with Crippen molar-refractivity contribution in [1.29, 1.82) is 0 Å². The number of nitrogens with one attached hydrogen (secondary N) is 2. The number of aromatic nitrogens is 2. The number of hydrogen-bond acceptors (Lipinski definition) is 7. The summed E-state index contributed by atoms with van der Waals surface area (Å²) in [5, 5.41) is 16.2. The van der Waals surface area contributed by atoms with Crippen LogP contribution in [0.25, 0.3) is 10.4 Å². The molecule has 2 aromatic rings. The first-order valence-electron chi connectivity index (χ1n) is 13.6. The van der Waals surface area contributed by atoms with Crippen LogP contribution in [-0.2, 0) is 0 Å². The molecule has 0 bridgehead atoms. The Labute approximate surface area is 231 Å². The second-order valence-corrected chi connectivity index (χ2v) is 13.6. The van der Waals surface area contributed by atoms with Gasteiger partial charge >= 0.3 is 0 Å². The molecule has 1 spiro atoms. The van der Waals surface area contributed by atoms with Crippen LogP contribution in [0.1, 0.15) is 85.2 Å². The number of pyridine rings is 1. The van der Waals surface area contributed by atoms with Crippen LogP contribution < -0.4 is 10.6 Å². The van der Waals surface area contributed by atoms with E-state index in [2.05, 4.69) is 20.6 Å². The number of amides is 2. The van der Waals surface area contributed by atoms with Crippen LogP contribution in [0.5, 0.6) is 0 Å². The standard InChI is InChI=1S/C28H37F2N5O3S/c1-16-9-20(33-18-10-28(11-18)13-27(4,30)14-28)31-12-19(16)22-21(25(37)35-7-5-17(29)6-8-35)34-24(39-22)23(36)32-15-26(2,3)38/h9,12,17-18,38H,5-8,10-11,13-15H2,1-4H3,(H,31,33)(H,32,36). The zero-order chi connectivity index (χ0) is 28.2. The van der Waals surface area contributed by atoms with Crippen LogP contribution in [-0.4, -0.2) is 74.9 Å². The molecule has 8 nitrogen and oxygen atoms in total. The molecule has 5 rings (SSSR count). The van der Waals surface area contributed by atoms with E-state index >= 15 is 0 Å². The van der Waals surface area contributed by atoms with Gasteiger partial charge in [0.05, 0.1) is 10.5 Å². The summed E-state index contributed by atoms with van der Waals surface area (Å²) in [7, 11) is 0. The molecule has 1 saturated heterocycles. The molecule has 3 aliphatic rings. The molecule has 11 heteroatoms. The predicted octanol–water partition coefficient (Wildman–Crippen LogP) is 4.67. The molecule has 0 atom stereocenters. The predicted molar refractivity (Wildman–Crippen MR) is 147 cm³/mol. The Morgan fingerprint density at radius 1 is 1.26 bits per heavy atom. The van der Waals surface area contributed by atoms with E-state index in [1.165, 1.54) is 0 Å². The van der Waals surface area contributed by atoms with Crippen molar-refractivity contribution in [2.24, 2.45) is 5.41 Å². The van der Waals surface area contributed by atoms with Gasteiger partial charge in [-0.15, -0.1) is 11.3 Å². The number of alkyl halides is 2. The number of carbonyl (C=O) groups is 2. The number of carbonyl (C=O) groups excluding carboxylic acids is 2. The second-order valence-electron chi connectivity index (χ2n) is 12.6. The van der Waals surface area contributed by atoms with Crippen molar-refractivity contribution < 1.29 is 23.5 Å². The van der Waals surface area contributed by atoms with Gasteiger partial charge in [-0.05, 0) is 83.3 Å². The molecule has 0 unspecified atom stereocenters. The van der Waals surface area contributed by atoms with Crippen LogP contribution >= 0.6 is 11.3 Å². The minimum Gasteiger partial charge on any atom is -0.389 e. The molecular weight excluding hydrogens is 524 g/mol. The van der Waals surface area contributed by atoms with Gasteiger partial charge in [-0.25, -0.2) is 18.7 Å². The van der Waals surface area contributed by atoms with Crippen molar-refractivity contribution in [3.05, 3.63) is 28.5 Å². The number of aryl methyl sites for hydroxylation is 1. The lowest BCUT2D eigenvalue weighted by molar-refractivity contribution is -0.108. The van der Waals surface area contributed by atoms with Gasteiger partial charge in [-0.2, -0.15) is 0 Å². The highest BCUT2D eigenvalue weighted by Gasteiger charge is 2.58. The molecule has 2 amide bonds. The van der Waals surface area contributed by atoms with Crippen LogP contribution in [0, 0.1) is 12.3 Å². The number of likely N-dealkylation sites (tertiary alicyclic amines) is 1. The molecule has 3 N–H and O–H groups in total. The normalized spacial score (nSPS) is 27.2. The molecule has 2 aromatic heterocycles. The van der Waals surface area contributed by atoms with E-state index in [9.17, 15) is 23.5 Å². The fourth-order valence-corrected chi connectivity index (χ4v) is 7.34. The first-order valence-corrected chi connectivity index (χ1v) is 14.4. The van der Waals surface area contributed by atoms with Crippen molar-refractivity contribution in [1.82, 2.24) is 20.2 Å². The maximum atomic E-state index is 14.0. The summed E-state index contributed by atoms with van der Waals surface area (Å²) in [6, 6.07) is 2.17. The number of anilines is 1. The number of aliphatic hydroxyl groups is 1. The minimum atomic E-state index is -1.10. The highest BCUT2D eigenvalue weighted by atomic mass is 32.1. The van der Waals surface area contributed by atoms with Gasteiger partial charge in [0.15, 0.2) is 5.01 Å². The number of rotatable bonds is 7. The van der Waals surface area contributed by atoms with Crippen LogP contribution in [0.4, 0.5) is 14.6 Å². The fourth-order valence-electron chi connectivity index (χ4n) is 6.29. The summed E-state index contributed by atoms with van der Waals surface area (Å²) in [5.74, 6) is -0.103. The van der Waals surface area contributed by atoms with Gasteiger partial charge in [0, 0.05) is 37.4 Å². The fraction of sp³-hybridized carbons (Fsp3) is 0.643. The van der Waals surface area contributed by atoms with Gasteiger partial charge in [-0.3, -0.25) is 9.59 Å². The summed E-state index contributed by atoms with van der Waals surface area (Å²) in [6.45, 7) is 7.38. The summed E-state index contributed by atoms with van der Waals surface area (Å²) in [6.07, 6.45) is 4.43. The number of nitrogens with zero attached hydrogens (tertiary/aromatic N) is 3. The number of piperidine rings is 1. The van der Waals surface area contributed by atoms with Crippen molar-refractivity contribution >= 4 is 29.0 Å².